The van der Waals surface area contributed by atoms with Crippen LogP contribution >= 0.6 is 46.9 Å². The second kappa shape index (κ2) is 8.88. The van der Waals surface area contributed by atoms with Gasteiger partial charge in [-0.15, -0.1) is 5.10 Å². The predicted octanol–water partition coefficient (Wildman–Crippen LogP) is 5.44. The van der Waals surface area contributed by atoms with E-state index in [-0.39, 0.29) is 11.2 Å². The van der Waals surface area contributed by atoms with Gasteiger partial charge in [0, 0.05) is 10.7 Å². The first-order valence-corrected chi connectivity index (χ1v) is 10.4. The molecular weight excluding hydrogens is 422 g/mol. The number of carbonyl (C=O) groups is 1. The smallest absolute Gasteiger partial charge is 0.237 e. The maximum atomic E-state index is 12.4. The third-order valence-electron chi connectivity index (χ3n) is 3.60. The van der Waals surface area contributed by atoms with Crippen molar-refractivity contribution in [2.45, 2.75) is 16.5 Å². The number of hydrogen-bond acceptors (Lipinski definition) is 6. The van der Waals surface area contributed by atoms with Gasteiger partial charge in [0.2, 0.25) is 5.91 Å². The number of methoxy groups -OCH3 is 1. The zero-order valence-electron chi connectivity index (χ0n) is 14.5. The molecule has 1 unspecified atom stereocenters. The zero-order valence-corrected chi connectivity index (χ0v) is 17.7. The monoisotopic (exact) mass is 437 g/mol. The summed E-state index contributed by atoms with van der Waals surface area (Å²) in [6.45, 7) is 1.83. The lowest BCUT2D eigenvalue weighted by molar-refractivity contribution is -0.115. The molecule has 1 aromatic heterocycles. The van der Waals surface area contributed by atoms with Crippen LogP contribution in [0.4, 0.5) is 5.69 Å². The number of hydrogen-bond donors (Lipinski definition) is 1. The van der Waals surface area contributed by atoms with Gasteiger partial charge in [0.15, 0.2) is 8.29 Å². The highest BCUT2D eigenvalue weighted by Gasteiger charge is 2.17. The van der Waals surface area contributed by atoms with E-state index < -0.39 is 0 Å². The summed E-state index contributed by atoms with van der Waals surface area (Å²) < 4.78 is 8.13. The first-order chi connectivity index (χ1) is 13.0. The van der Waals surface area contributed by atoms with Crippen LogP contribution in [0.1, 0.15) is 6.92 Å². The van der Waals surface area contributed by atoms with E-state index in [1.165, 1.54) is 23.1 Å². The summed E-state index contributed by atoms with van der Waals surface area (Å²) in [5, 5.41) is 7.73. The van der Waals surface area contributed by atoms with Crippen LogP contribution in [-0.4, -0.2) is 28.0 Å². The van der Waals surface area contributed by atoms with Gasteiger partial charge in [0.25, 0.3) is 0 Å². The van der Waals surface area contributed by atoms with Crippen LogP contribution in [0.2, 0.25) is 5.02 Å². The molecule has 0 aliphatic carbocycles. The summed E-state index contributed by atoms with van der Waals surface area (Å²) in [4.78, 5) is 12.4. The molecule has 0 aliphatic rings. The molecule has 1 heterocycles. The Labute approximate surface area is 175 Å². The van der Waals surface area contributed by atoms with E-state index in [0.29, 0.717) is 14.7 Å². The van der Waals surface area contributed by atoms with Crippen molar-refractivity contribution in [2.75, 3.05) is 12.4 Å². The van der Waals surface area contributed by atoms with Crippen LogP contribution in [0, 0.1) is 3.95 Å². The van der Waals surface area contributed by atoms with E-state index in [1.807, 2.05) is 19.1 Å². The van der Waals surface area contributed by atoms with E-state index in [2.05, 4.69) is 10.4 Å². The molecule has 0 radical (unpaired) electrons. The number of aromatic nitrogens is 2. The predicted molar refractivity (Wildman–Crippen MR) is 114 cm³/mol. The lowest BCUT2D eigenvalue weighted by atomic mass is 10.3. The maximum Gasteiger partial charge on any atom is 0.237 e. The van der Waals surface area contributed by atoms with Crippen molar-refractivity contribution >= 4 is 58.5 Å². The van der Waals surface area contributed by atoms with E-state index in [4.69, 9.17) is 28.6 Å². The summed E-state index contributed by atoms with van der Waals surface area (Å²) >= 11 is 14.1. The quantitative estimate of drug-likeness (QED) is 0.410. The van der Waals surface area contributed by atoms with Gasteiger partial charge in [-0.05, 0) is 67.7 Å². The highest BCUT2D eigenvalue weighted by Crippen LogP contribution is 2.28. The van der Waals surface area contributed by atoms with Crippen molar-refractivity contribution in [1.82, 2.24) is 9.78 Å². The molecule has 0 saturated carbocycles. The zero-order chi connectivity index (χ0) is 19.4. The fourth-order valence-corrected chi connectivity index (χ4v) is 4.81. The number of rotatable bonds is 6. The molecule has 0 saturated heterocycles. The summed E-state index contributed by atoms with van der Waals surface area (Å²) in [7, 11) is 1.60. The molecule has 1 atom stereocenters. The van der Waals surface area contributed by atoms with Crippen molar-refractivity contribution in [3.63, 3.8) is 0 Å². The molecule has 5 nitrogen and oxygen atoms in total. The molecule has 0 fully saturated rings. The fourth-order valence-electron chi connectivity index (χ4n) is 2.18. The summed E-state index contributed by atoms with van der Waals surface area (Å²) in [6, 6.07) is 14.5. The van der Waals surface area contributed by atoms with Gasteiger partial charge in [0.05, 0.1) is 18.0 Å². The molecule has 1 amide bonds. The highest BCUT2D eigenvalue weighted by atomic mass is 35.5. The van der Waals surface area contributed by atoms with Crippen LogP contribution in [0.15, 0.2) is 52.9 Å². The van der Waals surface area contributed by atoms with Crippen LogP contribution in [-0.2, 0) is 4.79 Å². The Morgan fingerprint density at radius 2 is 1.93 bits per heavy atom. The lowest BCUT2D eigenvalue weighted by Gasteiger charge is -2.10. The van der Waals surface area contributed by atoms with Gasteiger partial charge in [-0.2, -0.15) is 0 Å². The standard InChI is InChI=1S/C18H16ClN3O2S3/c1-11(16(23)20-13-5-9-15(24-2)10-6-13)26-17-21-22(18(25)27-17)14-7-3-12(19)4-8-14/h3-11H,1-2H3,(H,20,23). The number of nitrogens with one attached hydrogen (secondary N) is 1. The third kappa shape index (κ3) is 5.10. The Kier molecular flexibility index (Phi) is 6.54. The second-order valence-electron chi connectivity index (χ2n) is 5.50. The summed E-state index contributed by atoms with van der Waals surface area (Å²) in [6.07, 6.45) is 0. The Morgan fingerprint density at radius 3 is 2.56 bits per heavy atom. The van der Waals surface area contributed by atoms with Crippen molar-refractivity contribution in [1.29, 1.82) is 0 Å². The topological polar surface area (TPSA) is 56.1 Å². The van der Waals surface area contributed by atoms with E-state index in [9.17, 15) is 4.79 Å². The molecule has 9 heteroatoms. The number of nitrogens with zero attached hydrogens (tertiary/aromatic N) is 2. The molecule has 0 bridgehead atoms. The van der Waals surface area contributed by atoms with Gasteiger partial charge in [-0.3, -0.25) is 4.79 Å². The van der Waals surface area contributed by atoms with Gasteiger partial charge in [0.1, 0.15) is 5.75 Å². The highest BCUT2D eigenvalue weighted by molar-refractivity contribution is 8.02. The largest absolute Gasteiger partial charge is 0.497 e. The first kappa shape index (κ1) is 19.9. The second-order valence-corrected chi connectivity index (χ2v) is 9.15. The lowest BCUT2D eigenvalue weighted by Crippen LogP contribution is -2.22. The Bertz CT molecular complexity index is 984. The van der Waals surface area contributed by atoms with Crippen molar-refractivity contribution in [3.8, 4) is 11.4 Å². The Hall–Kier alpha value is -1.87. The van der Waals surface area contributed by atoms with Crippen molar-refractivity contribution in [3.05, 3.63) is 57.5 Å². The average Bonchev–Trinajstić information content (AvgIpc) is 3.03. The maximum absolute atomic E-state index is 12.4. The van der Waals surface area contributed by atoms with Gasteiger partial charge in [-0.25, -0.2) is 4.68 Å². The van der Waals surface area contributed by atoms with Crippen LogP contribution in [0.3, 0.4) is 0 Å². The van der Waals surface area contributed by atoms with Crippen LogP contribution in [0.25, 0.3) is 5.69 Å². The third-order valence-corrected chi connectivity index (χ3v) is 6.27. The number of ether oxygens (including phenoxy) is 1. The molecule has 0 spiro atoms. The number of thioether (sulfide) groups is 1. The summed E-state index contributed by atoms with van der Waals surface area (Å²) in [5.41, 5.74) is 1.55. The minimum absolute atomic E-state index is 0.107. The molecule has 140 valence electrons. The SMILES string of the molecule is COc1ccc(NC(=O)C(C)Sc2nn(-c3ccc(Cl)cc3)c(=S)s2)cc1. The van der Waals surface area contributed by atoms with Crippen LogP contribution < -0.4 is 10.1 Å². The van der Waals surface area contributed by atoms with Crippen LogP contribution in [0.5, 0.6) is 5.75 Å². The van der Waals surface area contributed by atoms with Crippen molar-refractivity contribution < 1.29 is 9.53 Å². The number of carbonyl (C=O) groups excluding carboxylic acids is 1. The number of benzene rings is 2. The first-order valence-electron chi connectivity index (χ1n) is 7.94. The van der Waals surface area contributed by atoms with Gasteiger partial charge >= 0.3 is 0 Å². The van der Waals surface area contributed by atoms with E-state index >= 15 is 0 Å². The Morgan fingerprint density at radius 1 is 1.26 bits per heavy atom. The number of halogens is 1. The molecular formula is C18H16ClN3O2S3. The minimum Gasteiger partial charge on any atom is -0.497 e. The number of amides is 1. The molecule has 2 aromatic carbocycles. The number of anilines is 1. The fraction of sp³-hybridized carbons (Fsp3) is 0.167. The Balaban J connectivity index is 1.67. The van der Waals surface area contributed by atoms with Gasteiger partial charge < -0.3 is 10.1 Å². The molecule has 0 aliphatic heterocycles. The van der Waals surface area contributed by atoms with E-state index in [1.54, 1.807) is 48.2 Å². The molecule has 3 aromatic rings. The molecule has 3 rings (SSSR count). The van der Waals surface area contributed by atoms with Crippen molar-refractivity contribution in [2.24, 2.45) is 0 Å². The van der Waals surface area contributed by atoms with Gasteiger partial charge in [-0.1, -0.05) is 34.7 Å². The van der Waals surface area contributed by atoms with E-state index in [0.717, 1.165) is 15.8 Å². The average molecular weight is 438 g/mol. The summed E-state index contributed by atoms with van der Waals surface area (Å²) in [5.74, 6) is 0.632. The molecule has 27 heavy (non-hydrogen) atoms. The molecule has 1 N–H and O–H groups in total. The normalized spacial score (nSPS) is 11.8. The minimum atomic E-state index is -0.327.